The van der Waals surface area contributed by atoms with Crippen LogP contribution < -0.4 is 20.9 Å². The Morgan fingerprint density at radius 3 is 2.44 bits per heavy atom. The number of aryl methyl sites for hydroxylation is 3. The Balaban J connectivity index is 0.985. The van der Waals surface area contributed by atoms with E-state index in [2.05, 4.69) is 69.0 Å². The molecular weight excluding hydrogens is 610 g/mol. The molecule has 3 aliphatic rings. The van der Waals surface area contributed by atoms with Crippen LogP contribution in [0.25, 0.3) is 11.0 Å². The number of fused-ring (bicyclic) bond motifs is 3. The molecule has 5 heterocycles. The van der Waals surface area contributed by atoms with Crippen molar-refractivity contribution in [2.24, 2.45) is 7.05 Å². The molecular formula is C35H31N9O4. The highest BCUT2D eigenvalue weighted by molar-refractivity contribution is 6.23. The van der Waals surface area contributed by atoms with Crippen molar-refractivity contribution in [3.05, 3.63) is 94.2 Å². The maximum atomic E-state index is 13.3. The number of hydrogen-bond donors (Lipinski definition) is 3. The Morgan fingerprint density at radius 1 is 0.875 bits per heavy atom. The van der Waals surface area contributed by atoms with Crippen LogP contribution in [0.1, 0.15) is 55.8 Å². The summed E-state index contributed by atoms with van der Waals surface area (Å²) in [4.78, 5) is 62.9. The van der Waals surface area contributed by atoms with Crippen molar-refractivity contribution in [2.75, 3.05) is 15.5 Å². The second-order valence-corrected chi connectivity index (χ2v) is 12.4. The summed E-state index contributed by atoms with van der Waals surface area (Å²) in [7, 11) is 1.85. The van der Waals surface area contributed by atoms with Crippen molar-refractivity contribution in [1.82, 2.24) is 30.0 Å². The van der Waals surface area contributed by atoms with Crippen LogP contribution in [-0.2, 0) is 29.7 Å². The molecule has 1 atom stereocenters. The fourth-order valence-corrected chi connectivity index (χ4v) is 6.76. The Kier molecular flexibility index (Phi) is 6.72. The smallest absolute Gasteiger partial charge is 0.262 e. The second-order valence-electron chi connectivity index (χ2n) is 12.4. The third-order valence-corrected chi connectivity index (χ3v) is 9.28. The van der Waals surface area contributed by atoms with Gasteiger partial charge >= 0.3 is 0 Å². The first-order valence-electron chi connectivity index (χ1n) is 15.7. The third kappa shape index (κ3) is 4.82. The van der Waals surface area contributed by atoms with E-state index < -0.39 is 29.7 Å². The van der Waals surface area contributed by atoms with Crippen LogP contribution in [0.5, 0.6) is 0 Å². The van der Waals surface area contributed by atoms with E-state index in [1.54, 1.807) is 23.0 Å². The molecule has 0 spiro atoms. The average molecular weight is 642 g/mol. The maximum Gasteiger partial charge on any atom is 0.262 e. The minimum atomic E-state index is -0.996. The van der Waals surface area contributed by atoms with E-state index in [9.17, 15) is 19.2 Å². The van der Waals surface area contributed by atoms with E-state index in [1.807, 2.05) is 25.2 Å². The summed E-state index contributed by atoms with van der Waals surface area (Å²) in [5.74, 6) is -0.928. The number of nitrogens with one attached hydrogen (secondary N) is 3. The van der Waals surface area contributed by atoms with Gasteiger partial charge in [-0.2, -0.15) is 10.1 Å². The van der Waals surface area contributed by atoms with Gasteiger partial charge in [0.2, 0.25) is 17.8 Å². The minimum absolute atomic E-state index is 0.0780. The summed E-state index contributed by atoms with van der Waals surface area (Å²) < 4.78 is 1.73. The van der Waals surface area contributed by atoms with Crippen LogP contribution in [0.3, 0.4) is 0 Å². The molecule has 0 bridgehead atoms. The van der Waals surface area contributed by atoms with Crippen molar-refractivity contribution in [3.63, 3.8) is 0 Å². The highest BCUT2D eigenvalue weighted by Gasteiger charge is 2.44. The highest BCUT2D eigenvalue weighted by atomic mass is 16.2. The lowest BCUT2D eigenvalue weighted by atomic mass is 10.0. The van der Waals surface area contributed by atoms with E-state index in [-0.39, 0.29) is 24.0 Å². The number of carbonyl (C=O) groups is 4. The fraction of sp³-hybridized carbons (Fsp3) is 0.229. The van der Waals surface area contributed by atoms with E-state index in [0.29, 0.717) is 30.5 Å². The van der Waals surface area contributed by atoms with Gasteiger partial charge in [-0.3, -0.25) is 29.4 Å². The van der Waals surface area contributed by atoms with Crippen LogP contribution in [0.4, 0.5) is 28.8 Å². The summed E-state index contributed by atoms with van der Waals surface area (Å²) in [5.41, 5.74) is 8.34. The van der Waals surface area contributed by atoms with Crippen molar-refractivity contribution in [2.45, 2.75) is 45.8 Å². The number of anilines is 5. The molecule has 3 N–H and O–H groups in total. The Bertz CT molecular complexity index is 2210. The normalized spacial score (nSPS) is 17.2. The number of aromatic nitrogens is 4. The van der Waals surface area contributed by atoms with Gasteiger partial charge in [-0.15, -0.1) is 0 Å². The molecule has 4 amide bonds. The molecule has 240 valence electrons. The number of nitrogens with zero attached hydrogens (tertiary/aromatic N) is 6. The standard InChI is InChI=1S/C35H31N9O4/c1-18-5-4-6-19(2)29(18)39-30-26-15-36-35(40-31(26)42(3)41-30)37-22-8-7-20-16-43(17-21(20)13-22)23-9-10-24-25(14-23)34(48)44(33(24)47)27-11-12-28(45)38-32(27)46/h4-10,13-15,27H,11-12,16-17H2,1-3H3,(H,39,41)(H,36,37,40)(H,38,45,46). The van der Waals surface area contributed by atoms with E-state index in [1.165, 1.54) is 0 Å². The van der Waals surface area contributed by atoms with E-state index in [0.717, 1.165) is 49.6 Å². The lowest BCUT2D eigenvalue weighted by Crippen LogP contribution is -2.54. The number of imide groups is 2. The van der Waals surface area contributed by atoms with E-state index in [4.69, 9.17) is 4.98 Å². The molecule has 13 nitrogen and oxygen atoms in total. The van der Waals surface area contributed by atoms with Crippen molar-refractivity contribution in [3.8, 4) is 0 Å². The summed E-state index contributed by atoms with van der Waals surface area (Å²) >= 11 is 0. The fourth-order valence-electron chi connectivity index (χ4n) is 6.76. The van der Waals surface area contributed by atoms with Gasteiger partial charge in [-0.25, -0.2) is 9.67 Å². The lowest BCUT2D eigenvalue weighted by Gasteiger charge is -2.27. The lowest BCUT2D eigenvalue weighted by molar-refractivity contribution is -0.136. The van der Waals surface area contributed by atoms with Gasteiger partial charge in [0, 0.05) is 49.8 Å². The molecule has 1 unspecified atom stereocenters. The number of carbonyl (C=O) groups excluding carboxylic acids is 4. The largest absolute Gasteiger partial charge is 0.363 e. The molecule has 8 rings (SSSR count). The van der Waals surface area contributed by atoms with Crippen molar-refractivity contribution < 1.29 is 19.2 Å². The Labute approximate surface area is 275 Å². The number of hydrogen-bond acceptors (Lipinski definition) is 10. The number of piperidine rings is 1. The molecule has 1 saturated heterocycles. The molecule has 2 aromatic heterocycles. The molecule has 5 aromatic rings. The average Bonchev–Trinajstić information content (AvgIpc) is 3.70. The first-order valence-corrected chi connectivity index (χ1v) is 15.7. The van der Waals surface area contributed by atoms with Crippen LogP contribution in [0.2, 0.25) is 0 Å². The second kappa shape index (κ2) is 11.0. The first kappa shape index (κ1) is 29.3. The van der Waals surface area contributed by atoms with Gasteiger partial charge in [0.1, 0.15) is 6.04 Å². The van der Waals surface area contributed by atoms with Crippen LogP contribution in [0.15, 0.2) is 60.8 Å². The summed E-state index contributed by atoms with van der Waals surface area (Å²) in [6.45, 7) is 5.34. The Hall–Kier alpha value is -6.11. The molecule has 0 radical (unpaired) electrons. The third-order valence-electron chi connectivity index (χ3n) is 9.28. The van der Waals surface area contributed by atoms with E-state index >= 15 is 0 Å². The number of amides is 4. The molecule has 0 aliphatic carbocycles. The van der Waals surface area contributed by atoms with Crippen LogP contribution in [0, 0.1) is 13.8 Å². The number of benzene rings is 3. The zero-order valence-electron chi connectivity index (χ0n) is 26.5. The van der Waals surface area contributed by atoms with Gasteiger partial charge in [0.05, 0.1) is 16.5 Å². The number of rotatable bonds is 6. The minimum Gasteiger partial charge on any atom is -0.363 e. The summed E-state index contributed by atoms with van der Waals surface area (Å²) in [5, 5.41) is 14.5. The molecule has 13 heteroatoms. The van der Waals surface area contributed by atoms with Gasteiger partial charge in [-0.05, 0) is 72.9 Å². The molecule has 3 aliphatic heterocycles. The van der Waals surface area contributed by atoms with Gasteiger partial charge < -0.3 is 15.5 Å². The predicted molar refractivity (Wildman–Crippen MR) is 178 cm³/mol. The maximum absolute atomic E-state index is 13.3. The van der Waals surface area contributed by atoms with Gasteiger partial charge in [0.25, 0.3) is 11.8 Å². The summed E-state index contributed by atoms with van der Waals surface area (Å²) in [6.07, 6.45) is 1.96. The zero-order valence-corrected chi connectivity index (χ0v) is 26.5. The quantitative estimate of drug-likeness (QED) is 0.228. The zero-order chi connectivity index (χ0) is 33.3. The summed E-state index contributed by atoms with van der Waals surface area (Å²) in [6, 6.07) is 16.4. The Morgan fingerprint density at radius 2 is 1.65 bits per heavy atom. The first-order chi connectivity index (χ1) is 23.1. The molecule has 48 heavy (non-hydrogen) atoms. The van der Waals surface area contributed by atoms with Gasteiger partial charge in [-0.1, -0.05) is 24.3 Å². The highest BCUT2D eigenvalue weighted by Crippen LogP contribution is 2.35. The molecule has 1 fully saturated rings. The predicted octanol–water partition coefficient (Wildman–Crippen LogP) is 4.39. The SMILES string of the molecule is Cc1cccc(C)c1Nc1nn(C)c2nc(Nc3ccc4c(c3)CN(c3ccc5c(c3)C(=O)N(C3CCC(=O)NC3=O)C5=O)C4)ncc12. The number of para-hydroxylation sites is 1. The van der Waals surface area contributed by atoms with Crippen LogP contribution >= 0.6 is 0 Å². The van der Waals surface area contributed by atoms with Crippen LogP contribution in [-0.4, -0.2) is 54.3 Å². The van der Waals surface area contributed by atoms with Gasteiger partial charge in [0.15, 0.2) is 11.5 Å². The topological polar surface area (TPSA) is 154 Å². The van der Waals surface area contributed by atoms with Crippen molar-refractivity contribution in [1.29, 1.82) is 0 Å². The monoisotopic (exact) mass is 641 g/mol. The molecule has 3 aromatic carbocycles. The molecule has 0 saturated carbocycles. The van der Waals surface area contributed by atoms with Crippen molar-refractivity contribution >= 4 is 63.5 Å².